The zero-order chi connectivity index (χ0) is 17.8. The first-order valence-corrected chi connectivity index (χ1v) is 8.74. The van der Waals surface area contributed by atoms with Crippen LogP contribution in [0.4, 0.5) is 0 Å². The second kappa shape index (κ2) is 5.48. The van der Waals surface area contributed by atoms with Crippen LogP contribution in [-0.4, -0.2) is 19.3 Å². The Bertz CT molecular complexity index is 1120. The highest BCUT2D eigenvalue weighted by molar-refractivity contribution is 5.79. The summed E-state index contributed by atoms with van der Waals surface area (Å²) < 4.78 is 3.70. The first-order chi connectivity index (χ1) is 11.8. The Morgan fingerprint density at radius 1 is 1.28 bits per heavy atom. The van der Waals surface area contributed by atoms with E-state index in [0.29, 0.717) is 0 Å². The van der Waals surface area contributed by atoms with Gasteiger partial charge in [-0.25, -0.2) is 4.79 Å². The average molecular weight is 336 g/mol. The van der Waals surface area contributed by atoms with Crippen molar-refractivity contribution in [2.24, 2.45) is 12.5 Å². The molecule has 0 spiro atoms. The van der Waals surface area contributed by atoms with Gasteiger partial charge in [0, 0.05) is 24.9 Å². The van der Waals surface area contributed by atoms with E-state index in [1.807, 2.05) is 17.8 Å². The van der Waals surface area contributed by atoms with E-state index in [9.17, 15) is 4.79 Å². The molecular formula is C20H24N4O. The zero-order valence-electron chi connectivity index (χ0n) is 15.2. The maximum absolute atomic E-state index is 12.7. The third-order valence-corrected chi connectivity index (χ3v) is 4.88. The maximum Gasteiger partial charge on any atom is 0.328 e. The minimum atomic E-state index is 0.0654. The van der Waals surface area contributed by atoms with Crippen molar-refractivity contribution < 1.29 is 0 Å². The van der Waals surface area contributed by atoms with Crippen LogP contribution in [0.5, 0.6) is 0 Å². The number of fused-ring (bicyclic) bond motifs is 2. The summed E-state index contributed by atoms with van der Waals surface area (Å²) in [5.41, 5.74) is 2.44. The first kappa shape index (κ1) is 15.9. The lowest BCUT2D eigenvalue weighted by Crippen LogP contribution is -2.37. The van der Waals surface area contributed by atoms with Gasteiger partial charge in [0.15, 0.2) is 0 Å². The van der Waals surface area contributed by atoms with Crippen LogP contribution in [0.3, 0.4) is 0 Å². The molecule has 0 aliphatic heterocycles. The van der Waals surface area contributed by atoms with Gasteiger partial charge in [-0.15, -0.1) is 0 Å². The van der Waals surface area contributed by atoms with Crippen LogP contribution in [0.15, 0.2) is 29.2 Å². The van der Waals surface area contributed by atoms with Gasteiger partial charge in [0.05, 0.1) is 22.4 Å². The van der Waals surface area contributed by atoms with Gasteiger partial charge in [0.1, 0.15) is 0 Å². The van der Waals surface area contributed by atoms with Crippen molar-refractivity contribution in [3.63, 3.8) is 0 Å². The molecule has 1 atom stereocenters. The smallest absolute Gasteiger partial charge is 0.295 e. The Hall–Kier alpha value is -2.56. The molecule has 1 N–H and O–H groups in total. The molecule has 0 amide bonds. The van der Waals surface area contributed by atoms with Crippen LogP contribution in [0, 0.1) is 5.41 Å². The molecule has 0 radical (unpaired) electrons. The van der Waals surface area contributed by atoms with Crippen molar-refractivity contribution in [1.82, 2.24) is 19.3 Å². The monoisotopic (exact) mass is 336 g/mol. The molecule has 25 heavy (non-hydrogen) atoms. The number of aromatic amines is 1. The highest BCUT2D eigenvalue weighted by atomic mass is 16.1. The number of hydrogen-bond acceptors (Lipinski definition) is 2. The van der Waals surface area contributed by atoms with Gasteiger partial charge in [-0.1, -0.05) is 39.0 Å². The number of imidazole rings is 1. The molecule has 1 aliphatic rings. The largest absolute Gasteiger partial charge is 0.328 e. The standard InChI is InChI=1S/C20H24N4O/c1-20(2,3)12-24-17-8-6-14(10-18(17)23(4)19(24)25)13-5-7-16-15(9-13)11-21-22-16/h5,7-11,14H,6,12H2,1-4H3,(H,21,22). The summed E-state index contributed by atoms with van der Waals surface area (Å²) in [5.74, 6) is 0.280. The minimum Gasteiger partial charge on any atom is -0.295 e. The Balaban J connectivity index is 1.82. The summed E-state index contributed by atoms with van der Waals surface area (Å²) >= 11 is 0. The van der Waals surface area contributed by atoms with Crippen LogP contribution in [-0.2, 0) is 13.6 Å². The third kappa shape index (κ3) is 2.73. The number of aromatic nitrogens is 4. The Morgan fingerprint density at radius 3 is 2.84 bits per heavy atom. The van der Waals surface area contributed by atoms with E-state index in [4.69, 9.17) is 0 Å². The third-order valence-electron chi connectivity index (χ3n) is 4.88. The SMILES string of the molecule is Cn1c2c(n(CC(C)(C)C)c1=O)=CCC(c1ccc3[nH]ncc3c1)C=2. The van der Waals surface area contributed by atoms with Gasteiger partial charge in [-0.3, -0.25) is 14.2 Å². The highest BCUT2D eigenvalue weighted by Gasteiger charge is 2.19. The predicted octanol–water partition coefficient (Wildman–Crippen LogP) is 1.86. The Morgan fingerprint density at radius 2 is 2.08 bits per heavy atom. The summed E-state index contributed by atoms with van der Waals surface area (Å²) in [6.07, 6.45) is 7.21. The summed E-state index contributed by atoms with van der Waals surface area (Å²) in [5, 5.41) is 10.3. The molecule has 130 valence electrons. The van der Waals surface area contributed by atoms with E-state index in [1.165, 1.54) is 5.56 Å². The van der Waals surface area contributed by atoms with Crippen molar-refractivity contribution in [3.05, 3.63) is 51.1 Å². The molecule has 1 unspecified atom stereocenters. The lowest BCUT2D eigenvalue weighted by Gasteiger charge is -2.19. The maximum atomic E-state index is 12.7. The number of nitrogens with zero attached hydrogens (tertiary/aromatic N) is 3. The van der Waals surface area contributed by atoms with Crippen LogP contribution in [0.25, 0.3) is 23.1 Å². The number of rotatable bonds is 2. The molecule has 0 saturated heterocycles. The zero-order valence-corrected chi connectivity index (χ0v) is 15.2. The quantitative estimate of drug-likeness (QED) is 0.777. The van der Waals surface area contributed by atoms with Crippen LogP contribution < -0.4 is 16.4 Å². The number of benzene rings is 1. The summed E-state index contributed by atoms with van der Waals surface area (Å²) in [6.45, 7) is 7.21. The van der Waals surface area contributed by atoms with E-state index in [1.54, 1.807) is 4.57 Å². The molecule has 2 aromatic heterocycles. The molecule has 1 aliphatic carbocycles. The lowest BCUT2D eigenvalue weighted by atomic mass is 9.92. The van der Waals surface area contributed by atoms with Gasteiger partial charge < -0.3 is 0 Å². The van der Waals surface area contributed by atoms with Gasteiger partial charge in [0.2, 0.25) is 0 Å². The Labute approximate surface area is 146 Å². The fraction of sp³-hybridized carbons (Fsp3) is 0.400. The van der Waals surface area contributed by atoms with Crippen molar-refractivity contribution in [2.75, 3.05) is 0 Å². The van der Waals surface area contributed by atoms with Crippen LogP contribution in [0.1, 0.15) is 38.7 Å². The van der Waals surface area contributed by atoms with Crippen molar-refractivity contribution in [3.8, 4) is 0 Å². The minimum absolute atomic E-state index is 0.0654. The van der Waals surface area contributed by atoms with Crippen molar-refractivity contribution >= 4 is 23.1 Å². The second-order valence-electron chi connectivity index (χ2n) is 8.19. The lowest BCUT2D eigenvalue weighted by molar-refractivity contribution is 0.333. The molecule has 2 heterocycles. The normalized spacial score (nSPS) is 17.2. The van der Waals surface area contributed by atoms with E-state index in [-0.39, 0.29) is 17.0 Å². The topological polar surface area (TPSA) is 55.6 Å². The molecule has 5 heteroatoms. The molecule has 5 nitrogen and oxygen atoms in total. The van der Waals surface area contributed by atoms with Crippen LogP contribution >= 0.6 is 0 Å². The van der Waals surface area contributed by atoms with Gasteiger partial charge in [-0.05, 0) is 29.5 Å². The fourth-order valence-electron chi connectivity index (χ4n) is 3.66. The number of H-pyrrole nitrogens is 1. The molecule has 0 saturated carbocycles. The summed E-state index contributed by atoms with van der Waals surface area (Å²) in [4.78, 5) is 12.7. The van der Waals surface area contributed by atoms with E-state index in [2.05, 4.69) is 61.3 Å². The molecular weight excluding hydrogens is 312 g/mol. The number of nitrogens with one attached hydrogen (secondary N) is 1. The van der Waals surface area contributed by atoms with Crippen LogP contribution in [0.2, 0.25) is 0 Å². The van der Waals surface area contributed by atoms with E-state index < -0.39 is 0 Å². The van der Waals surface area contributed by atoms with Crippen molar-refractivity contribution in [1.29, 1.82) is 0 Å². The first-order valence-electron chi connectivity index (χ1n) is 8.74. The van der Waals surface area contributed by atoms with Gasteiger partial charge >= 0.3 is 5.69 Å². The molecule has 0 fully saturated rings. The number of hydrogen-bond donors (Lipinski definition) is 1. The Kier molecular flexibility index (Phi) is 3.49. The van der Waals surface area contributed by atoms with E-state index in [0.717, 1.165) is 34.6 Å². The molecule has 0 bridgehead atoms. The van der Waals surface area contributed by atoms with E-state index >= 15 is 0 Å². The summed E-state index contributed by atoms with van der Waals surface area (Å²) in [7, 11) is 1.87. The highest BCUT2D eigenvalue weighted by Crippen LogP contribution is 2.26. The fourth-order valence-corrected chi connectivity index (χ4v) is 3.66. The summed E-state index contributed by atoms with van der Waals surface area (Å²) in [6, 6.07) is 6.40. The second-order valence-corrected chi connectivity index (χ2v) is 8.19. The average Bonchev–Trinajstić information content (AvgIpc) is 3.12. The molecule has 1 aromatic carbocycles. The van der Waals surface area contributed by atoms with Gasteiger partial charge in [-0.2, -0.15) is 5.10 Å². The predicted molar refractivity (Wildman–Crippen MR) is 101 cm³/mol. The van der Waals surface area contributed by atoms with Crippen molar-refractivity contribution in [2.45, 2.75) is 39.7 Å². The molecule has 3 aromatic rings. The van der Waals surface area contributed by atoms with Gasteiger partial charge in [0.25, 0.3) is 0 Å². The molecule has 4 rings (SSSR count).